The minimum Gasteiger partial charge on any atom is -0.369 e. The Morgan fingerprint density at radius 1 is 1.03 bits per heavy atom. The molecule has 1 heterocycles. The highest BCUT2D eigenvalue weighted by molar-refractivity contribution is 5.91. The van der Waals surface area contributed by atoms with Crippen LogP contribution in [-0.4, -0.2) is 43.0 Å². The molecular formula is C26H35N3O. The summed E-state index contributed by atoms with van der Waals surface area (Å²) in [6.45, 7) is 2.28. The molecule has 0 aromatic heterocycles. The highest BCUT2D eigenvalue weighted by Crippen LogP contribution is 2.46. The van der Waals surface area contributed by atoms with Gasteiger partial charge in [0, 0.05) is 12.1 Å². The Bertz CT molecular complexity index is 783. The van der Waals surface area contributed by atoms with Crippen molar-refractivity contribution >= 4 is 5.91 Å². The number of benzene rings is 2. The van der Waals surface area contributed by atoms with Crippen molar-refractivity contribution in [3.63, 3.8) is 0 Å². The van der Waals surface area contributed by atoms with E-state index in [-0.39, 0.29) is 11.8 Å². The first-order chi connectivity index (χ1) is 14.6. The van der Waals surface area contributed by atoms with Gasteiger partial charge >= 0.3 is 0 Å². The first-order valence-electron chi connectivity index (χ1n) is 11.5. The molecular weight excluding hydrogens is 370 g/mol. The molecule has 30 heavy (non-hydrogen) atoms. The molecule has 1 saturated carbocycles. The average Bonchev–Trinajstić information content (AvgIpc) is 3.40. The number of amides is 1. The summed E-state index contributed by atoms with van der Waals surface area (Å²) in [5.41, 5.74) is 7.45. The van der Waals surface area contributed by atoms with E-state index in [4.69, 9.17) is 5.73 Å². The van der Waals surface area contributed by atoms with Gasteiger partial charge in [-0.2, -0.15) is 0 Å². The van der Waals surface area contributed by atoms with Gasteiger partial charge in [-0.05, 0) is 75.7 Å². The molecule has 4 heteroatoms. The Labute approximate surface area is 180 Å². The number of hydrogen-bond acceptors (Lipinski definition) is 3. The Morgan fingerprint density at radius 2 is 1.67 bits per heavy atom. The van der Waals surface area contributed by atoms with E-state index in [1.54, 1.807) is 0 Å². The van der Waals surface area contributed by atoms with Crippen LogP contribution in [0.2, 0.25) is 0 Å². The van der Waals surface area contributed by atoms with Crippen LogP contribution in [0.3, 0.4) is 0 Å². The number of nitrogens with zero attached hydrogens (tertiary/aromatic N) is 1. The average molecular weight is 406 g/mol. The second-order valence-corrected chi connectivity index (χ2v) is 9.13. The van der Waals surface area contributed by atoms with Crippen molar-refractivity contribution < 1.29 is 4.79 Å². The third-order valence-electron chi connectivity index (χ3n) is 7.47. The quantitative estimate of drug-likeness (QED) is 0.704. The summed E-state index contributed by atoms with van der Waals surface area (Å²) in [6.07, 6.45) is 6.93. The zero-order valence-electron chi connectivity index (χ0n) is 18.1. The Hall–Kier alpha value is -2.17. The molecule has 1 amide bonds. The van der Waals surface area contributed by atoms with Crippen LogP contribution in [0.25, 0.3) is 0 Å². The van der Waals surface area contributed by atoms with Gasteiger partial charge in [0.25, 0.3) is 0 Å². The molecule has 160 valence electrons. The lowest BCUT2D eigenvalue weighted by molar-refractivity contribution is -0.123. The largest absolute Gasteiger partial charge is 0.369 e. The van der Waals surface area contributed by atoms with E-state index in [9.17, 15) is 4.79 Å². The number of likely N-dealkylation sites (tertiary alicyclic amines) is 1. The van der Waals surface area contributed by atoms with Crippen LogP contribution in [0.1, 0.15) is 49.7 Å². The lowest BCUT2D eigenvalue weighted by Crippen LogP contribution is -2.48. The maximum atomic E-state index is 13.1. The van der Waals surface area contributed by atoms with E-state index in [2.05, 4.69) is 41.5 Å². The molecule has 3 N–H and O–H groups in total. The SMILES string of the molecule is CN1CCC[C@@H]1CCNC1CCC(C(C(N)=O)(c2ccccc2)c2ccccc2)C1. The molecule has 1 saturated heterocycles. The minimum absolute atomic E-state index is 0.200. The normalized spacial score (nSPS) is 24.9. The van der Waals surface area contributed by atoms with Gasteiger partial charge in [-0.25, -0.2) is 0 Å². The molecule has 2 fully saturated rings. The fourth-order valence-corrected chi connectivity index (χ4v) is 5.88. The van der Waals surface area contributed by atoms with Crippen LogP contribution in [0.4, 0.5) is 0 Å². The third kappa shape index (κ3) is 4.03. The predicted octanol–water partition coefficient (Wildman–Crippen LogP) is 3.70. The van der Waals surface area contributed by atoms with Gasteiger partial charge in [-0.15, -0.1) is 0 Å². The van der Waals surface area contributed by atoms with E-state index in [1.165, 1.54) is 25.8 Å². The summed E-state index contributed by atoms with van der Waals surface area (Å²) in [4.78, 5) is 15.6. The van der Waals surface area contributed by atoms with Crippen molar-refractivity contribution in [2.24, 2.45) is 11.7 Å². The van der Waals surface area contributed by atoms with Crippen molar-refractivity contribution in [3.8, 4) is 0 Å². The molecule has 2 unspecified atom stereocenters. The minimum atomic E-state index is -0.773. The Morgan fingerprint density at radius 3 is 2.20 bits per heavy atom. The summed E-state index contributed by atoms with van der Waals surface area (Å²) in [6, 6.07) is 21.5. The van der Waals surface area contributed by atoms with Crippen LogP contribution in [0.15, 0.2) is 60.7 Å². The first-order valence-corrected chi connectivity index (χ1v) is 11.5. The van der Waals surface area contributed by atoms with Gasteiger partial charge in [0.05, 0.1) is 0 Å². The maximum Gasteiger partial charge on any atom is 0.232 e. The summed E-state index contributed by atoms with van der Waals surface area (Å²) in [5.74, 6) is -0.0374. The first kappa shape index (κ1) is 21.1. The topological polar surface area (TPSA) is 58.4 Å². The number of primary amides is 1. The molecule has 3 atom stereocenters. The fourth-order valence-electron chi connectivity index (χ4n) is 5.88. The monoisotopic (exact) mass is 405 g/mol. The summed E-state index contributed by atoms with van der Waals surface area (Å²) in [5, 5.41) is 3.79. The van der Waals surface area contributed by atoms with Crippen LogP contribution in [0, 0.1) is 5.92 Å². The lowest BCUT2D eigenvalue weighted by atomic mass is 9.64. The molecule has 0 radical (unpaired) electrons. The number of hydrogen-bond donors (Lipinski definition) is 2. The molecule has 2 aromatic carbocycles. The molecule has 1 aliphatic heterocycles. The summed E-state index contributed by atoms with van der Waals surface area (Å²) >= 11 is 0. The van der Waals surface area contributed by atoms with Gasteiger partial charge in [0.1, 0.15) is 5.41 Å². The van der Waals surface area contributed by atoms with Crippen molar-refractivity contribution in [2.45, 2.75) is 56.0 Å². The highest BCUT2D eigenvalue weighted by Gasteiger charge is 2.49. The van der Waals surface area contributed by atoms with Gasteiger partial charge in [0.15, 0.2) is 0 Å². The molecule has 4 nitrogen and oxygen atoms in total. The number of carbonyl (C=O) groups excluding carboxylic acids is 1. The third-order valence-corrected chi connectivity index (χ3v) is 7.47. The van der Waals surface area contributed by atoms with Gasteiger partial charge in [-0.1, -0.05) is 60.7 Å². The van der Waals surface area contributed by atoms with Crippen LogP contribution >= 0.6 is 0 Å². The second kappa shape index (κ2) is 9.32. The summed E-state index contributed by atoms with van der Waals surface area (Å²) in [7, 11) is 2.24. The van der Waals surface area contributed by atoms with E-state index in [1.807, 2.05) is 36.4 Å². The van der Waals surface area contributed by atoms with Crippen molar-refractivity contribution in [1.82, 2.24) is 10.2 Å². The van der Waals surface area contributed by atoms with Crippen LogP contribution < -0.4 is 11.1 Å². The lowest BCUT2D eigenvalue weighted by Gasteiger charge is -2.38. The number of nitrogens with two attached hydrogens (primary N) is 1. The molecule has 0 spiro atoms. The van der Waals surface area contributed by atoms with Crippen molar-refractivity contribution in [2.75, 3.05) is 20.1 Å². The number of rotatable bonds is 8. The molecule has 2 aromatic rings. The second-order valence-electron chi connectivity index (χ2n) is 9.13. The van der Waals surface area contributed by atoms with E-state index in [0.29, 0.717) is 12.1 Å². The van der Waals surface area contributed by atoms with Gasteiger partial charge in [-0.3, -0.25) is 4.79 Å². The van der Waals surface area contributed by atoms with E-state index >= 15 is 0 Å². The number of nitrogens with one attached hydrogen (secondary N) is 1. The molecule has 4 rings (SSSR count). The fraction of sp³-hybridized carbons (Fsp3) is 0.500. The highest BCUT2D eigenvalue weighted by atomic mass is 16.1. The Kier molecular flexibility index (Phi) is 6.55. The van der Waals surface area contributed by atoms with Crippen LogP contribution in [-0.2, 0) is 10.2 Å². The zero-order valence-corrected chi connectivity index (χ0v) is 18.1. The number of carbonyl (C=O) groups is 1. The molecule has 0 bridgehead atoms. The van der Waals surface area contributed by atoms with Crippen molar-refractivity contribution in [3.05, 3.63) is 71.8 Å². The summed E-state index contributed by atoms with van der Waals surface area (Å²) < 4.78 is 0. The zero-order chi connectivity index (χ0) is 21.0. The van der Waals surface area contributed by atoms with E-state index < -0.39 is 5.41 Å². The maximum absolute atomic E-state index is 13.1. The van der Waals surface area contributed by atoms with Crippen molar-refractivity contribution in [1.29, 1.82) is 0 Å². The molecule has 1 aliphatic carbocycles. The smallest absolute Gasteiger partial charge is 0.232 e. The standard InChI is InChI=1S/C26H35N3O/c1-29-18-8-13-24(29)16-17-28-23-15-14-22(19-23)26(25(27)30,20-9-4-2-5-10-20)21-11-6-3-7-12-21/h2-7,9-12,22-24,28H,8,13-19H2,1H3,(H2,27,30)/t22?,23?,24-/m1/s1. The van der Waals surface area contributed by atoms with Crippen LogP contribution in [0.5, 0.6) is 0 Å². The molecule has 2 aliphatic rings. The van der Waals surface area contributed by atoms with Gasteiger partial charge < -0.3 is 16.0 Å². The predicted molar refractivity (Wildman–Crippen MR) is 122 cm³/mol. The van der Waals surface area contributed by atoms with Gasteiger partial charge in [0.2, 0.25) is 5.91 Å². The van der Waals surface area contributed by atoms with E-state index in [0.717, 1.165) is 36.9 Å². The Balaban J connectivity index is 1.53.